The molecule has 1 atom stereocenters. The van der Waals surface area contributed by atoms with E-state index in [4.69, 9.17) is 32.9 Å². The molecule has 3 rings (SSSR count). The Morgan fingerprint density at radius 2 is 2.37 bits per heavy atom. The predicted molar refractivity (Wildman–Crippen MR) is 114 cm³/mol. The molecule has 2 saturated heterocycles. The zero-order valence-corrected chi connectivity index (χ0v) is 17.9. The maximum absolute atomic E-state index is 12.8. The summed E-state index contributed by atoms with van der Waals surface area (Å²) in [5, 5.41) is 0. The summed E-state index contributed by atoms with van der Waals surface area (Å²) in [6.07, 6.45) is 9.09. The lowest BCUT2D eigenvalue weighted by Crippen LogP contribution is -2.35. The van der Waals surface area contributed by atoms with Crippen LogP contribution in [0.1, 0.15) is 18.4 Å². The Labute approximate surface area is 176 Å². The Kier molecular flexibility index (Phi) is 6.82. The number of thioether (sulfide) groups is 1. The molecule has 0 N–H and O–H groups in total. The maximum atomic E-state index is 12.8. The molecule has 2 fully saturated rings. The fourth-order valence-electron chi connectivity index (χ4n) is 2.88. The van der Waals surface area contributed by atoms with Crippen molar-refractivity contribution in [3.8, 4) is 23.8 Å². The van der Waals surface area contributed by atoms with Gasteiger partial charge in [0.15, 0.2) is 11.5 Å². The van der Waals surface area contributed by atoms with Gasteiger partial charge in [0, 0.05) is 6.61 Å². The molecule has 1 aromatic carbocycles. The van der Waals surface area contributed by atoms with Gasteiger partial charge in [-0.3, -0.25) is 9.69 Å². The van der Waals surface area contributed by atoms with Gasteiger partial charge in [-0.05, 0) is 52.5 Å². The molecule has 1 aromatic rings. The second-order valence-electron chi connectivity index (χ2n) is 5.95. The molecule has 2 aliphatic rings. The number of benzene rings is 1. The zero-order valence-electron chi connectivity index (χ0n) is 14.7. The predicted octanol–water partition coefficient (Wildman–Crippen LogP) is 3.85. The first-order valence-electron chi connectivity index (χ1n) is 8.34. The van der Waals surface area contributed by atoms with Crippen molar-refractivity contribution in [3.63, 3.8) is 0 Å². The summed E-state index contributed by atoms with van der Waals surface area (Å²) < 4.78 is 17.8. The molecule has 142 valence electrons. The lowest BCUT2D eigenvalue weighted by atomic mass is 10.1. The summed E-state index contributed by atoms with van der Waals surface area (Å²) in [7, 11) is 1.55. The number of hydrogen-bond donors (Lipinski definition) is 0. The van der Waals surface area contributed by atoms with Crippen molar-refractivity contribution in [1.29, 1.82) is 0 Å². The highest BCUT2D eigenvalue weighted by Crippen LogP contribution is 2.39. The van der Waals surface area contributed by atoms with Crippen LogP contribution in [0.3, 0.4) is 0 Å². The average Bonchev–Trinajstić information content (AvgIpc) is 3.25. The highest BCUT2D eigenvalue weighted by atomic mass is 79.9. The number of amides is 1. The van der Waals surface area contributed by atoms with E-state index in [1.54, 1.807) is 24.2 Å². The van der Waals surface area contributed by atoms with E-state index in [2.05, 4.69) is 21.9 Å². The van der Waals surface area contributed by atoms with E-state index >= 15 is 0 Å². The molecule has 0 aliphatic carbocycles. The Balaban J connectivity index is 1.81. The molecule has 0 radical (unpaired) electrons. The van der Waals surface area contributed by atoms with Gasteiger partial charge in [0.2, 0.25) is 0 Å². The first-order chi connectivity index (χ1) is 13.0. The van der Waals surface area contributed by atoms with Crippen molar-refractivity contribution in [3.05, 3.63) is 27.1 Å². The normalized spacial score (nSPS) is 21.0. The molecule has 0 spiro atoms. The first kappa shape index (κ1) is 20.2. The fourth-order valence-corrected chi connectivity index (χ4v) is 4.73. The third kappa shape index (κ3) is 4.66. The minimum absolute atomic E-state index is 0.0636. The Morgan fingerprint density at radius 3 is 3.04 bits per heavy atom. The Hall–Kier alpha value is -1.53. The van der Waals surface area contributed by atoms with E-state index in [9.17, 15) is 4.79 Å². The van der Waals surface area contributed by atoms with Crippen molar-refractivity contribution >= 4 is 56.2 Å². The number of hydrogen-bond acceptors (Lipinski definition) is 6. The third-order valence-electron chi connectivity index (χ3n) is 4.13. The SMILES string of the molecule is C#CCOc1c(Br)cc(/C=C2\SC(=S)N(C[C@H]3CCCO3)C2=O)cc1OC. The smallest absolute Gasteiger partial charge is 0.266 e. The molecule has 0 aromatic heterocycles. The van der Waals surface area contributed by atoms with Gasteiger partial charge < -0.3 is 14.2 Å². The van der Waals surface area contributed by atoms with Crippen LogP contribution in [0.4, 0.5) is 0 Å². The number of nitrogens with zero attached hydrogens (tertiary/aromatic N) is 1. The molecular formula is C19H18BrNO4S2. The molecule has 1 amide bonds. The molecule has 0 saturated carbocycles. The van der Waals surface area contributed by atoms with Crippen molar-refractivity contribution in [1.82, 2.24) is 4.90 Å². The molecule has 0 unspecified atom stereocenters. The van der Waals surface area contributed by atoms with Gasteiger partial charge in [-0.25, -0.2) is 0 Å². The van der Waals surface area contributed by atoms with E-state index in [1.165, 1.54) is 11.8 Å². The average molecular weight is 468 g/mol. The van der Waals surface area contributed by atoms with E-state index in [-0.39, 0.29) is 18.6 Å². The van der Waals surface area contributed by atoms with Gasteiger partial charge >= 0.3 is 0 Å². The summed E-state index contributed by atoms with van der Waals surface area (Å²) in [5.41, 5.74) is 0.796. The number of ether oxygens (including phenoxy) is 3. The van der Waals surface area contributed by atoms with E-state index < -0.39 is 0 Å². The van der Waals surface area contributed by atoms with Gasteiger partial charge in [-0.1, -0.05) is 29.9 Å². The molecular weight excluding hydrogens is 450 g/mol. The van der Waals surface area contributed by atoms with Crippen LogP contribution < -0.4 is 9.47 Å². The lowest BCUT2D eigenvalue weighted by molar-refractivity contribution is -0.123. The van der Waals surface area contributed by atoms with E-state index in [0.717, 1.165) is 25.0 Å². The number of carbonyl (C=O) groups excluding carboxylic acids is 1. The van der Waals surface area contributed by atoms with E-state index in [1.807, 2.05) is 6.07 Å². The molecule has 0 bridgehead atoms. The number of halogens is 1. The van der Waals surface area contributed by atoms with Crippen LogP contribution in [-0.2, 0) is 9.53 Å². The van der Waals surface area contributed by atoms with Crippen LogP contribution in [0, 0.1) is 12.3 Å². The summed E-state index contributed by atoms with van der Waals surface area (Å²) in [6.45, 7) is 1.39. The molecule has 2 aliphatic heterocycles. The number of methoxy groups -OCH3 is 1. The van der Waals surface area contributed by atoms with Gasteiger partial charge in [0.05, 0.1) is 29.1 Å². The summed E-state index contributed by atoms with van der Waals surface area (Å²) in [4.78, 5) is 15.0. The Bertz CT molecular complexity index is 828. The van der Waals surface area contributed by atoms with Crippen LogP contribution >= 0.6 is 39.9 Å². The number of carbonyl (C=O) groups is 1. The van der Waals surface area contributed by atoms with Crippen LogP contribution in [0.2, 0.25) is 0 Å². The number of terminal acetylenes is 1. The van der Waals surface area contributed by atoms with Crippen molar-refractivity contribution < 1.29 is 19.0 Å². The third-order valence-corrected chi connectivity index (χ3v) is 6.10. The van der Waals surface area contributed by atoms with Crippen molar-refractivity contribution in [2.24, 2.45) is 0 Å². The quantitative estimate of drug-likeness (QED) is 0.359. The summed E-state index contributed by atoms with van der Waals surface area (Å²) in [5.74, 6) is 3.39. The minimum atomic E-state index is -0.0942. The van der Waals surface area contributed by atoms with Gasteiger partial charge in [0.1, 0.15) is 10.9 Å². The molecule has 2 heterocycles. The largest absolute Gasteiger partial charge is 0.493 e. The van der Waals surface area contributed by atoms with Crippen LogP contribution in [0.5, 0.6) is 11.5 Å². The highest BCUT2D eigenvalue weighted by Gasteiger charge is 2.34. The van der Waals surface area contributed by atoms with Crippen molar-refractivity contribution in [2.45, 2.75) is 18.9 Å². The van der Waals surface area contributed by atoms with Crippen LogP contribution in [-0.4, -0.2) is 48.1 Å². The maximum Gasteiger partial charge on any atom is 0.266 e. The zero-order chi connectivity index (χ0) is 19.4. The number of rotatable bonds is 6. The van der Waals surface area contributed by atoms with Gasteiger partial charge in [-0.2, -0.15) is 0 Å². The topological polar surface area (TPSA) is 48.0 Å². The lowest BCUT2D eigenvalue weighted by Gasteiger charge is -2.18. The van der Waals surface area contributed by atoms with Gasteiger partial charge in [0.25, 0.3) is 5.91 Å². The second-order valence-corrected chi connectivity index (χ2v) is 8.48. The fraction of sp³-hybridized carbons (Fsp3) is 0.368. The summed E-state index contributed by atoms with van der Waals surface area (Å²) >= 11 is 10.2. The highest BCUT2D eigenvalue weighted by molar-refractivity contribution is 9.10. The van der Waals surface area contributed by atoms with Crippen LogP contribution in [0.25, 0.3) is 6.08 Å². The van der Waals surface area contributed by atoms with Crippen molar-refractivity contribution in [2.75, 3.05) is 26.9 Å². The Morgan fingerprint density at radius 1 is 1.56 bits per heavy atom. The van der Waals surface area contributed by atoms with Crippen LogP contribution in [0.15, 0.2) is 21.5 Å². The number of thiocarbonyl (C=S) groups is 1. The van der Waals surface area contributed by atoms with E-state index in [0.29, 0.717) is 31.7 Å². The monoisotopic (exact) mass is 467 g/mol. The second kappa shape index (κ2) is 9.11. The molecule has 8 heteroatoms. The molecule has 27 heavy (non-hydrogen) atoms. The standard InChI is InChI=1S/C19H18BrNO4S2/c1-3-6-25-17-14(20)8-12(9-15(17)23-2)10-16-18(22)21(19(26)27-16)11-13-5-4-7-24-13/h1,8-10,13H,4-7,11H2,2H3/b16-10-/t13-/m1/s1. The minimum Gasteiger partial charge on any atom is -0.493 e. The molecule has 5 nitrogen and oxygen atoms in total. The summed E-state index contributed by atoms with van der Waals surface area (Å²) in [6, 6.07) is 3.64. The first-order valence-corrected chi connectivity index (χ1v) is 10.4. The van der Waals surface area contributed by atoms with Gasteiger partial charge in [-0.15, -0.1) is 6.42 Å².